The highest BCUT2D eigenvalue weighted by Crippen LogP contribution is 2.29. The molecular weight excluding hydrogens is 314 g/mol. The molecule has 0 radical (unpaired) electrons. The van der Waals surface area contributed by atoms with Crippen LogP contribution >= 0.6 is 11.6 Å². The highest BCUT2D eigenvalue weighted by molar-refractivity contribution is 6.30. The molecule has 0 aromatic heterocycles. The van der Waals surface area contributed by atoms with Crippen molar-refractivity contribution in [3.05, 3.63) is 58.6 Å². The number of ether oxygens (including phenoxy) is 2. The van der Waals surface area contributed by atoms with Crippen LogP contribution in [0.15, 0.2) is 42.5 Å². The number of carbonyl (C=O) groups is 1. The normalized spacial score (nSPS) is 11.7. The number of rotatable bonds is 5. The van der Waals surface area contributed by atoms with Crippen molar-refractivity contribution in [3.63, 3.8) is 0 Å². The highest BCUT2D eigenvalue weighted by Gasteiger charge is 2.20. The first-order valence-corrected chi connectivity index (χ1v) is 7.60. The van der Waals surface area contributed by atoms with Gasteiger partial charge in [0.15, 0.2) is 11.5 Å². The van der Waals surface area contributed by atoms with Crippen molar-refractivity contribution in [3.8, 4) is 11.5 Å². The third-order valence-electron chi connectivity index (χ3n) is 3.88. The van der Waals surface area contributed by atoms with Crippen molar-refractivity contribution in [1.82, 2.24) is 4.90 Å². The Hall–Kier alpha value is -2.20. The van der Waals surface area contributed by atoms with E-state index >= 15 is 0 Å². The molecule has 0 aliphatic heterocycles. The zero-order valence-corrected chi connectivity index (χ0v) is 14.4. The van der Waals surface area contributed by atoms with E-state index in [1.54, 1.807) is 44.4 Å². The predicted molar refractivity (Wildman–Crippen MR) is 91.5 cm³/mol. The second-order valence-electron chi connectivity index (χ2n) is 5.21. The number of hydrogen-bond acceptors (Lipinski definition) is 3. The van der Waals surface area contributed by atoms with Gasteiger partial charge in [-0.2, -0.15) is 0 Å². The number of methoxy groups -OCH3 is 2. The summed E-state index contributed by atoms with van der Waals surface area (Å²) in [5.41, 5.74) is 1.57. The molecular formula is C18H20ClNO3. The fourth-order valence-corrected chi connectivity index (χ4v) is 2.44. The number of carbonyl (C=O) groups excluding carboxylic acids is 1. The zero-order chi connectivity index (χ0) is 17.0. The molecule has 0 aliphatic rings. The summed E-state index contributed by atoms with van der Waals surface area (Å²) in [5.74, 6) is 1.04. The molecule has 1 amide bonds. The molecule has 0 N–H and O–H groups in total. The first-order valence-electron chi connectivity index (χ1n) is 7.22. The van der Waals surface area contributed by atoms with Crippen molar-refractivity contribution in [2.75, 3.05) is 21.3 Å². The summed E-state index contributed by atoms with van der Waals surface area (Å²) in [6.07, 6.45) is 0. The Morgan fingerprint density at radius 2 is 1.65 bits per heavy atom. The second kappa shape index (κ2) is 7.38. The van der Waals surface area contributed by atoms with Gasteiger partial charge in [0.25, 0.3) is 5.91 Å². The van der Waals surface area contributed by atoms with Crippen molar-refractivity contribution < 1.29 is 14.3 Å². The van der Waals surface area contributed by atoms with E-state index in [-0.39, 0.29) is 11.9 Å². The van der Waals surface area contributed by atoms with Crippen LogP contribution in [0.1, 0.15) is 28.9 Å². The maximum absolute atomic E-state index is 12.7. The molecule has 23 heavy (non-hydrogen) atoms. The summed E-state index contributed by atoms with van der Waals surface area (Å²) in [6, 6.07) is 12.6. The number of hydrogen-bond donors (Lipinski definition) is 0. The van der Waals surface area contributed by atoms with Gasteiger partial charge in [-0.15, -0.1) is 0 Å². The summed E-state index contributed by atoms with van der Waals surface area (Å²) in [7, 11) is 4.89. The highest BCUT2D eigenvalue weighted by atomic mass is 35.5. The summed E-state index contributed by atoms with van der Waals surface area (Å²) >= 11 is 5.91. The van der Waals surface area contributed by atoms with E-state index in [4.69, 9.17) is 21.1 Å². The molecule has 0 saturated carbocycles. The minimum Gasteiger partial charge on any atom is -0.493 e. The van der Waals surface area contributed by atoms with Gasteiger partial charge in [-0.05, 0) is 42.8 Å². The molecule has 4 nitrogen and oxygen atoms in total. The molecule has 122 valence electrons. The molecule has 2 aromatic carbocycles. The van der Waals surface area contributed by atoms with E-state index in [0.717, 1.165) is 5.56 Å². The molecule has 0 heterocycles. The minimum absolute atomic E-state index is 0.0761. The molecule has 2 rings (SSSR count). The summed E-state index contributed by atoms with van der Waals surface area (Å²) in [6.45, 7) is 1.97. The van der Waals surface area contributed by atoms with Crippen LogP contribution in [0.25, 0.3) is 0 Å². The number of amides is 1. The lowest BCUT2D eigenvalue weighted by Crippen LogP contribution is -2.29. The van der Waals surface area contributed by atoms with Crippen LogP contribution in [0.2, 0.25) is 5.02 Å². The Balaban J connectivity index is 2.23. The van der Waals surface area contributed by atoms with Crippen LogP contribution < -0.4 is 9.47 Å². The molecule has 0 unspecified atom stereocenters. The summed E-state index contributed by atoms with van der Waals surface area (Å²) in [4.78, 5) is 14.4. The van der Waals surface area contributed by atoms with Gasteiger partial charge in [0, 0.05) is 17.6 Å². The van der Waals surface area contributed by atoms with Crippen LogP contribution in [-0.4, -0.2) is 32.1 Å². The lowest BCUT2D eigenvalue weighted by molar-refractivity contribution is 0.0742. The average Bonchev–Trinajstić information content (AvgIpc) is 2.59. The zero-order valence-electron chi connectivity index (χ0n) is 13.7. The maximum atomic E-state index is 12.7. The molecule has 2 aromatic rings. The van der Waals surface area contributed by atoms with Gasteiger partial charge in [-0.3, -0.25) is 4.79 Å². The lowest BCUT2D eigenvalue weighted by Gasteiger charge is -2.25. The van der Waals surface area contributed by atoms with Gasteiger partial charge in [-0.1, -0.05) is 23.7 Å². The largest absolute Gasteiger partial charge is 0.493 e. The number of benzene rings is 2. The molecule has 1 atom stereocenters. The van der Waals surface area contributed by atoms with E-state index < -0.39 is 0 Å². The average molecular weight is 334 g/mol. The Labute approximate surface area is 141 Å². The number of halogens is 1. The Bertz CT molecular complexity index is 685. The molecule has 0 bridgehead atoms. The fourth-order valence-electron chi connectivity index (χ4n) is 2.31. The van der Waals surface area contributed by atoms with Gasteiger partial charge in [0.05, 0.1) is 20.3 Å². The van der Waals surface area contributed by atoms with Crippen LogP contribution in [0.3, 0.4) is 0 Å². The second-order valence-corrected chi connectivity index (χ2v) is 5.65. The van der Waals surface area contributed by atoms with Gasteiger partial charge < -0.3 is 14.4 Å². The number of nitrogens with zero attached hydrogens (tertiary/aromatic N) is 1. The third-order valence-corrected chi connectivity index (χ3v) is 4.14. The molecule has 0 saturated heterocycles. The maximum Gasteiger partial charge on any atom is 0.254 e. The van der Waals surface area contributed by atoms with E-state index in [9.17, 15) is 4.79 Å². The smallest absolute Gasteiger partial charge is 0.254 e. The SMILES string of the molecule is COc1ccc(C(=O)N(C)[C@@H](C)c2ccc(Cl)cc2)cc1OC. The van der Waals surface area contributed by atoms with E-state index in [1.165, 1.54) is 0 Å². The predicted octanol–water partition coefficient (Wildman–Crippen LogP) is 4.19. The van der Waals surface area contributed by atoms with E-state index in [2.05, 4.69) is 0 Å². The van der Waals surface area contributed by atoms with E-state index in [1.807, 2.05) is 31.2 Å². The van der Waals surface area contributed by atoms with Crippen molar-refractivity contribution in [1.29, 1.82) is 0 Å². The van der Waals surface area contributed by atoms with Gasteiger partial charge in [0.2, 0.25) is 0 Å². The Morgan fingerprint density at radius 1 is 1.04 bits per heavy atom. The van der Waals surface area contributed by atoms with Crippen LogP contribution in [0.4, 0.5) is 0 Å². The van der Waals surface area contributed by atoms with Gasteiger partial charge >= 0.3 is 0 Å². The van der Waals surface area contributed by atoms with Crippen LogP contribution in [-0.2, 0) is 0 Å². The molecule has 0 spiro atoms. The van der Waals surface area contributed by atoms with Crippen LogP contribution in [0, 0.1) is 0 Å². The van der Waals surface area contributed by atoms with Crippen LogP contribution in [0.5, 0.6) is 11.5 Å². The van der Waals surface area contributed by atoms with E-state index in [0.29, 0.717) is 22.1 Å². The Morgan fingerprint density at radius 3 is 2.22 bits per heavy atom. The summed E-state index contributed by atoms with van der Waals surface area (Å²) < 4.78 is 10.5. The Kier molecular flexibility index (Phi) is 5.50. The molecule has 0 aliphatic carbocycles. The quantitative estimate of drug-likeness (QED) is 0.823. The third kappa shape index (κ3) is 3.77. The molecule has 0 fully saturated rings. The fraction of sp³-hybridized carbons (Fsp3) is 0.278. The minimum atomic E-state index is -0.0894. The van der Waals surface area contributed by atoms with Crippen molar-refractivity contribution in [2.45, 2.75) is 13.0 Å². The van der Waals surface area contributed by atoms with Crippen molar-refractivity contribution >= 4 is 17.5 Å². The van der Waals surface area contributed by atoms with Crippen molar-refractivity contribution in [2.24, 2.45) is 0 Å². The first-order chi connectivity index (χ1) is 11.0. The monoisotopic (exact) mass is 333 g/mol. The summed E-state index contributed by atoms with van der Waals surface area (Å²) in [5, 5.41) is 0.676. The standard InChI is InChI=1S/C18H20ClNO3/c1-12(13-5-8-15(19)9-6-13)20(2)18(21)14-7-10-16(22-3)17(11-14)23-4/h5-12H,1-4H3/t12-/m0/s1. The topological polar surface area (TPSA) is 38.8 Å². The molecule has 5 heteroatoms. The van der Waals surface area contributed by atoms with Gasteiger partial charge in [0.1, 0.15) is 0 Å². The first kappa shape index (κ1) is 17.2. The lowest BCUT2D eigenvalue weighted by atomic mass is 10.1. The van der Waals surface area contributed by atoms with Gasteiger partial charge in [-0.25, -0.2) is 0 Å².